The number of benzene rings is 1. The fraction of sp³-hybridized carbons (Fsp3) is 0.647. The third kappa shape index (κ3) is 5.72. The van der Waals surface area contributed by atoms with E-state index in [1.807, 2.05) is 0 Å². The first-order chi connectivity index (χ1) is 9.23. The second-order valence-corrected chi connectivity index (χ2v) is 7.18. The summed E-state index contributed by atoms with van der Waals surface area (Å²) in [5.41, 5.74) is 2.45. The van der Waals surface area contributed by atoms with Crippen LogP contribution < -0.4 is 10.2 Å². The Morgan fingerprint density at radius 3 is 2.45 bits per heavy atom. The van der Waals surface area contributed by atoms with E-state index in [0.717, 1.165) is 23.7 Å². The number of anilines is 1. The van der Waals surface area contributed by atoms with Crippen molar-refractivity contribution in [3.8, 4) is 0 Å². The summed E-state index contributed by atoms with van der Waals surface area (Å²) in [6.45, 7) is 12.9. The zero-order chi connectivity index (χ0) is 15.3. The third-order valence-electron chi connectivity index (χ3n) is 3.57. The molecule has 0 radical (unpaired) electrons. The second kappa shape index (κ2) is 7.33. The van der Waals surface area contributed by atoms with Gasteiger partial charge in [-0.3, -0.25) is 0 Å². The van der Waals surface area contributed by atoms with Crippen molar-refractivity contribution in [3.05, 3.63) is 28.8 Å². The fourth-order valence-corrected chi connectivity index (χ4v) is 2.22. The molecule has 1 unspecified atom stereocenters. The van der Waals surface area contributed by atoms with E-state index in [9.17, 15) is 0 Å². The molecule has 1 aromatic carbocycles. The fourth-order valence-electron chi connectivity index (χ4n) is 1.98. The smallest absolute Gasteiger partial charge is 0.0471 e. The normalized spacial score (nSPS) is 13.3. The lowest BCUT2D eigenvalue weighted by molar-refractivity contribution is 0.424. The Balaban J connectivity index is 2.72. The molecule has 3 heteroatoms. The predicted molar refractivity (Wildman–Crippen MR) is 90.8 cm³/mol. The van der Waals surface area contributed by atoms with Crippen LogP contribution in [0.5, 0.6) is 0 Å². The van der Waals surface area contributed by atoms with Crippen molar-refractivity contribution in [1.82, 2.24) is 5.32 Å². The lowest BCUT2D eigenvalue weighted by Crippen LogP contribution is -2.35. The molecule has 1 N–H and O–H groups in total. The van der Waals surface area contributed by atoms with E-state index in [1.54, 1.807) is 0 Å². The molecule has 0 aliphatic rings. The van der Waals surface area contributed by atoms with E-state index in [4.69, 9.17) is 11.6 Å². The average Bonchev–Trinajstić information content (AvgIpc) is 2.35. The van der Waals surface area contributed by atoms with E-state index < -0.39 is 0 Å². The van der Waals surface area contributed by atoms with Gasteiger partial charge in [-0.25, -0.2) is 0 Å². The maximum atomic E-state index is 6.41. The average molecular weight is 297 g/mol. The highest BCUT2D eigenvalue weighted by molar-refractivity contribution is 6.31. The van der Waals surface area contributed by atoms with Crippen molar-refractivity contribution < 1.29 is 0 Å². The molecule has 0 aliphatic heterocycles. The molecule has 0 aromatic heterocycles. The summed E-state index contributed by atoms with van der Waals surface area (Å²) in [4.78, 5) is 2.28. The molecule has 0 saturated heterocycles. The molecule has 0 spiro atoms. The minimum atomic E-state index is 0.106. The van der Waals surface area contributed by atoms with Crippen molar-refractivity contribution in [1.29, 1.82) is 0 Å². The van der Waals surface area contributed by atoms with Crippen LogP contribution in [0.3, 0.4) is 0 Å². The zero-order valence-electron chi connectivity index (χ0n) is 13.8. The molecule has 0 fully saturated rings. The highest BCUT2D eigenvalue weighted by Crippen LogP contribution is 2.24. The highest BCUT2D eigenvalue weighted by atomic mass is 35.5. The monoisotopic (exact) mass is 296 g/mol. The Bertz CT molecular complexity index is 423. The van der Waals surface area contributed by atoms with Crippen LogP contribution in [0.4, 0.5) is 5.69 Å². The van der Waals surface area contributed by atoms with Crippen molar-refractivity contribution in [2.24, 2.45) is 5.92 Å². The lowest BCUT2D eigenvalue weighted by atomic mass is 10.1. The van der Waals surface area contributed by atoms with E-state index in [2.05, 4.69) is 70.1 Å². The third-order valence-corrected chi connectivity index (χ3v) is 3.92. The number of hydrogen-bond acceptors (Lipinski definition) is 2. The molecule has 0 saturated carbocycles. The van der Waals surface area contributed by atoms with Gasteiger partial charge in [0.2, 0.25) is 0 Å². The second-order valence-electron chi connectivity index (χ2n) is 6.77. The van der Waals surface area contributed by atoms with Gasteiger partial charge in [0.1, 0.15) is 0 Å². The van der Waals surface area contributed by atoms with Crippen LogP contribution >= 0.6 is 11.6 Å². The number of nitrogens with zero attached hydrogens (tertiary/aromatic N) is 1. The van der Waals surface area contributed by atoms with Gasteiger partial charge in [-0.1, -0.05) is 37.9 Å². The number of nitrogens with one attached hydrogen (secondary N) is 1. The highest BCUT2D eigenvalue weighted by Gasteiger charge is 2.11. The van der Waals surface area contributed by atoms with E-state index >= 15 is 0 Å². The minimum Gasteiger partial charge on any atom is -0.374 e. The Kier molecular flexibility index (Phi) is 6.35. The van der Waals surface area contributed by atoms with Gasteiger partial charge in [-0.05, 0) is 44.4 Å². The van der Waals surface area contributed by atoms with Crippen LogP contribution in [0, 0.1) is 5.92 Å². The molecule has 0 heterocycles. The van der Waals surface area contributed by atoms with Gasteiger partial charge < -0.3 is 10.2 Å². The number of hydrogen-bond donors (Lipinski definition) is 1. The van der Waals surface area contributed by atoms with E-state index in [0.29, 0.717) is 5.92 Å². The quantitative estimate of drug-likeness (QED) is 0.818. The summed E-state index contributed by atoms with van der Waals surface area (Å²) in [6.07, 6.45) is 1.20. The molecule has 1 atom stereocenters. The van der Waals surface area contributed by atoms with E-state index in [-0.39, 0.29) is 5.54 Å². The summed E-state index contributed by atoms with van der Waals surface area (Å²) < 4.78 is 0. The lowest BCUT2D eigenvalue weighted by Gasteiger charge is -2.24. The maximum absolute atomic E-state index is 6.41. The predicted octanol–water partition coefficient (Wildman–Crippen LogP) is 4.71. The van der Waals surface area contributed by atoms with Crippen molar-refractivity contribution in [2.45, 2.75) is 53.1 Å². The van der Waals surface area contributed by atoms with Gasteiger partial charge in [0.05, 0.1) is 0 Å². The number of halogens is 1. The standard InChI is InChI=1S/C17H29ClN2/c1-7-13(2)12-20(6)15-9-8-14(16(18)10-15)11-19-17(3,4)5/h8-10,13,19H,7,11-12H2,1-6H3. The summed E-state index contributed by atoms with van der Waals surface area (Å²) in [6, 6.07) is 6.36. The van der Waals surface area contributed by atoms with Gasteiger partial charge >= 0.3 is 0 Å². The molecule has 0 aliphatic carbocycles. The van der Waals surface area contributed by atoms with Gasteiger partial charge in [0, 0.05) is 36.4 Å². The number of rotatable bonds is 6. The molecule has 0 amide bonds. The SMILES string of the molecule is CCC(C)CN(C)c1ccc(CNC(C)(C)C)c(Cl)c1. The van der Waals surface area contributed by atoms with Crippen LogP contribution in [0.25, 0.3) is 0 Å². The van der Waals surface area contributed by atoms with Gasteiger partial charge in [-0.2, -0.15) is 0 Å². The largest absolute Gasteiger partial charge is 0.374 e. The molecule has 20 heavy (non-hydrogen) atoms. The first kappa shape index (κ1) is 17.3. The maximum Gasteiger partial charge on any atom is 0.0471 e. The van der Waals surface area contributed by atoms with Gasteiger partial charge in [0.25, 0.3) is 0 Å². The summed E-state index contributed by atoms with van der Waals surface area (Å²) in [5, 5.41) is 4.31. The van der Waals surface area contributed by atoms with Gasteiger partial charge in [-0.15, -0.1) is 0 Å². The van der Waals surface area contributed by atoms with Crippen LogP contribution in [-0.4, -0.2) is 19.1 Å². The molecule has 1 rings (SSSR count). The minimum absolute atomic E-state index is 0.106. The molecule has 114 valence electrons. The first-order valence-electron chi connectivity index (χ1n) is 7.47. The van der Waals surface area contributed by atoms with Crippen LogP contribution in [-0.2, 0) is 6.54 Å². The van der Waals surface area contributed by atoms with Crippen LogP contribution in [0.1, 0.15) is 46.6 Å². The van der Waals surface area contributed by atoms with Crippen molar-refractivity contribution in [3.63, 3.8) is 0 Å². The summed E-state index contributed by atoms with van der Waals surface area (Å²) in [5.74, 6) is 0.695. The Labute approximate surface area is 129 Å². The molecule has 1 aromatic rings. The van der Waals surface area contributed by atoms with E-state index in [1.165, 1.54) is 12.1 Å². The molecule has 0 bridgehead atoms. The van der Waals surface area contributed by atoms with Crippen LogP contribution in [0.2, 0.25) is 5.02 Å². The van der Waals surface area contributed by atoms with Crippen molar-refractivity contribution in [2.75, 3.05) is 18.5 Å². The summed E-state index contributed by atoms with van der Waals surface area (Å²) in [7, 11) is 2.13. The zero-order valence-corrected chi connectivity index (χ0v) is 14.5. The Morgan fingerprint density at radius 2 is 1.95 bits per heavy atom. The Morgan fingerprint density at radius 1 is 1.30 bits per heavy atom. The molecular weight excluding hydrogens is 268 g/mol. The molecule has 2 nitrogen and oxygen atoms in total. The van der Waals surface area contributed by atoms with Gasteiger partial charge in [0.15, 0.2) is 0 Å². The van der Waals surface area contributed by atoms with Crippen LogP contribution in [0.15, 0.2) is 18.2 Å². The molecular formula is C17H29ClN2. The Hall–Kier alpha value is -0.730. The topological polar surface area (TPSA) is 15.3 Å². The summed E-state index contributed by atoms with van der Waals surface area (Å²) >= 11 is 6.41. The first-order valence-corrected chi connectivity index (χ1v) is 7.85. The van der Waals surface area contributed by atoms with Crippen molar-refractivity contribution >= 4 is 17.3 Å².